The summed E-state index contributed by atoms with van der Waals surface area (Å²) in [6.07, 6.45) is 0. The largest absolute Gasteiger partial charge is 0.348 e. The van der Waals surface area contributed by atoms with E-state index in [1.165, 1.54) is 11.3 Å². The lowest BCUT2D eigenvalue weighted by atomic mass is 9.80. The molecule has 3 heterocycles. The Labute approximate surface area is 168 Å². The van der Waals surface area contributed by atoms with E-state index in [1.54, 1.807) is 40.9 Å². The quantitative estimate of drug-likeness (QED) is 0.797. The molecule has 0 saturated carbocycles. The summed E-state index contributed by atoms with van der Waals surface area (Å²) in [4.78, 5) is 44.8. The summed E-state index contributed by atoms with van der Waals surface area (Å²) in [5.74, 6) is -0.158. The van der Waals surface area contributed by atoms with Crippen LogP contribution >= 0.6 is 11.3 Å². The van der Waals surface area contributed by atoms with Gasteiger partial charge in [-0.15, -0.1) is 11.3 Å². The van der Waals surface area contributed by atoms with Crippen LogP contribution in [0, 0.1) is 11.3 Å². The van der Waals surface area contributed by atoms with Crippen LogP contribution in [-0.4, -0.2) is 72.7 Å². The summed E-state index contributed by atoms with van der Waals surface area (Å²) < 4.78 is 0. The number of hydrogen-bond acceptors (Lipinski definition) is 4. The summed E-state index contributed by atoms with van der Waals surface area (Å²) in [7, 11) is 3.47. The van der Waals surface area contributed by atoms with Gasteiger partial charge in [0.05, 0.1) is 10.3 Å². The Balaban J connectivity index is 1.60. The molecule has 0 N–H and O–H groups in total. The minimum absolute atomic E-state index is 0.0117. The third-order valence-corrected chi connectivity index (χ3v) is 6.63. The Kier molecular flexibility index (Phi) is 4.71. The van der Waals surface area contributed by atoms with Gasteiger partial charge in [0.15, 0.2) is 0 Å². The van der Waals surface area contributed by atoms with E-state index in [2.05, 4.69) is 0 Å². The fourth-order valence-corrected chi connectivity index (χ4v) is 5.13. The van der Waals surface area contributed by atoms with Crippen LogP contribution in [-0.2, 0) is 4.79 Å². The van der Waals surface area contributed by atoms with Crippen LogP contribution in [0.3, 0.4) is 0 Å². The first-order chi connectivity index (χ1) is 13.4. The van der Waals surface area contributed by atoms with Crippen molar-refractivity contribution in [3.05, 3.63) is 58.3 Å². The van der Waals surface area contributed by atoms with Crippen LogP contribution in [0.25, 0.3) is 0 Å². The highest BCUT2D eigenvalue weighted by Gasteiger charge is 2.59. The molecule has 1 aromatic carbocycles. The fraction of sp³-hybridized carbons (Fsp3) is 0.381. The van der Waals surface area contributed by atoms with Crippen LogP contribution < -0.4 is 0 Å². The van der Waals surface area contributed by atoms with Gasteiger partial charge in [0.2, 0.25) is 5.91 Å². The van der Waals surface area contributed by atoms with E-state index in [0.29, 0.717) is 36.6 Å². The molecule has 2 fully saturated rings. The van der Waals surface area contributed by atoms with Gasteiger partial charge in [-0.3, -0.25) is 14.4 Å². The SMILES string of the molecule is CN(C)C(=O)[C@]12CN(C(=O)c3ccccc3)C[C@H]1CN(C(=O)c1cccs1)C2. The molecular weight excluding hydrogens is 374 g/mol. The normalized spacial score (nSPS) is 23.6. The zero-order valence-corrected chi connectivity index (χ0v) is 16.8. The molecule has 2 atom stereocenters. The van der Waals surface area contributed by atoms with E-state index < -0.39 is 5.41 Å². The Morgan fingerprint density at radius 2 is 1.61 bits per heavy atom. The molecule has 2 aliphatic heterocycles. The lowest BCUT2D eigenvalue weighted by Crippen LogP contribution is -2.48. The summed E-state index contributed by atoms with van der Waals surface area (Å²) in [6.45, 7) is 1.68. The molecule has 0 spiro atoms. The Morgan fingerprint density at radius 3 is 2.18 bits per heavy atom. The van der Waals surface area contributed by atoms with Crippen molar-refractivity contribution in [1.82, 2.24) is 14.7 Å². The smallest absolute Gasteiger partial charge is 0.263 e. The van der Waals surface area contributed by atoms with Gasteiger partial charge >= 0.3 is 0 Å². The first-order valence-corrected chi connectivity index (χ1v) is 10.2. The van der Waals surface area contributed by atoms with Crippen LogP contribution in [0.5, 0.6) is 0 Å². The summed E-state index contributed by atoms with van der Waals surface area (Å²) in [5, 5.41) is 1.88. The van der Waals surface area contributed by atoms with Gasteiger partial charge < -0.3 is 14.7 Å². The van der Waals surface area contributed by atoms with Crippen molar-refractivity contribution >= 4 is 29.1 Å². The number of nitrogens with zero attached hydrogens (tertiary/aromatic N) is 3. The number of benzene rings is 1. The van der Waals surface area contributed by atoms with Crippen LogP contribution in [0.4, 0.5) is 0 Å². The maximum Gasteiger partial charge on any atom is 0.263 e. The number of carbonyl (C=O) groups is 3. The van der Waals surface area contributed by atoms with Crippen LogP contribution in [0.15, 0.2) is 47.8 Å². The molecule has 4 rings (SSSR count). The first-order valence-electron chi connectivity index (χ1n) is 9.31. The zero-order valence-electron chi connectivity index (χ0n) is 16.0. The maximum atomic E-state index is 13.2. The second kappa shape index (κ2) is 7.05. The predicted molar refractivity (Wildman–Crippen MR) is 107 cm³/mol. The van der Waals surface area contributed by atoms with Gasteiger partial charge in [-0.25, -0.2) is 0 Å². The molecule has 0 bridgehead atoms. The van der Waals surface area contributed by atoms with Crippen molar-refractivity contribution in [3.63, 3.8) is 0 Å². The topological polar surface area (TPSA) is 60.9 Å². The third kappa shape index (κ3) is 2.99. The molecule has 1 aromatic heterocycles. The first kappa shape index (κ1) is 18.7. The van der Waals surface area contributed by atoms with Gasteiger partial charge in [0.1, 0.15) is 0 Å². The number of fused-ring (bicyclic) bond motifs is 1. The summed E-state index contributed by atoms with van der Waals surface area (Å²) in [5.41, 5.74) is -0.109. The molecule has 2 saturated heterocycles. The average Bonchev–Trinajstić information content (AvgIpc) is 3.41. The lowest BCUT2D eigenvalue weighted by Gasteiger charge is -2.30. The standard InChI is InChI=1S/C21H23N3O3S/c1-22(2)20(27)21-13-23(18(25)15-7-4-3-5-8-15)11-16(21)12-24(14-21)19(26)17-9-6-10-28-17/h3-10,16H,11-14H2,1-2H3/t16-,21-/m0/s1. The molecule has 0 radical (unpaired) electrons. The van der Waals surface area contributed by atoms with E-state index in [4.69, 9.17) is 0 Å². The molecule has 2 aliphatic rings. The monoisotopic (exact) mass is 397 g/mol. The highest BCUT2D eigenvalue weighted by atomic mass is 32.1. The average molecular weight is 398 g/mol. The molecule has 0 unspecified atom stereocenters. The van der Waals surface area contributed by atoms with Crippen molar-refractivity contribution in [2.24, 2.45) is 11.3 Å². The Morgan fingerprint density at radius 1 is 0.964 bits per heavy atom. The maximum absolute atomic E-state index is 13.2. The van der Waals surface area contributed by atoms with Gasteiger partial charge in [0.25, 0.3) is 11.8 Å². The summed E-state index contributed by atoms with van der Waals surface area (Å²) in [6, 6.07) is 12.8. The fourth-order valence-electron chi connectivity index (χ4n) is 4.44. The van der Waals surface area contributed by atoms with Gasteiger partial charge in [-0.05, 0) is 23.6 Å². The van der Waals surface area contributed by atoms with Gasteiger partial charge in [-0.2, -0.15) is 0 Å². The van der Waals surface area contributed by atoms with E-state index in [9.17, 15) is 14.4 Å². The molecule has 7 heteroatoms. The summed E-state index contributed by atoms with van der Waals surface area (Å²) >= 11 is 1.41. The van der Waals surface area contributed by atoms with Crippen molar-refractivity contribution in [1.29, 1.82) is 0 Å². The van der Waals surface area contributed by atoms with Crippen molar-refractivity contribution in [2.45, 2.75) is 0 Å². The number of hydrogen-bond donors (Lipinski definition) is 0. The van der Waals surface area contributed by atoms with E-state index in [0.717, 1.165) is 0 Å². The molecule has 3 amide bonds. The number of carbonyl (C=O) groups excluding carboxylic acids is 3. The predicted octanol–water partition coefficient (Wildman–Crippen LogP) is 2.05. The van der Waals surface area contributed by atoms with Crippen LogP contribution in [0.1, 0.15) is 20.0 Å². The highest BCUT2D eigenvalue weighted by molar-refractivity contribution is 7.12. The molecule has 6 nitrogen and oxygen atoms in total. The molecular formula is C21H23N3O3S. The van der Waals surface area contributed by atoms with Crippen molar-refractivity contribution in [3.8, 4) is 0 Å². The number of likely N-dealkylation sites (tertiary alicyclic amines) is 2. The van der Waals surface area contributed by atoms with E-state index in [1.807, 2.05) is 35.7 Å². The second-order valence-electron chi connectivity index (χ2n) is 7.77. The molecule has 146 valence electrons. The number of rotatable bonds is 3. The van der Waals surface area contributed by atoms with E-state index in [-0.39, 0.29) is 23.6 Å². The highest BCUT2D eigenvalue weighted by Crippen LogP contribution is 2.44. The minimum atomic E-state index is -0.735. The van der Waals surface area contributed by atoms with Crippen molar-refractivity contribution in [2.75, 3.05) is 40.3 Å². The third-order valence-electron chi connectivity index (χ3n) is 5.77. The van der Waals surface area contributed by atoms with Gasteiger partial charge in [0, 0.05) is 51.8 Å². The molecule has 28 heavy (non-hydrogen) atoms. The lowest BCUT2D eigenvalue weighted by molar-refractivity contribution is -0.139. The molecule has 2 aromatic rings. The molecule has 0 aliphatic carbocycles. The number of amides is 3. The minimum Gasteiger partial charge on any atom is -0.348 e. The van der Waals surface area contributed by atoms with Crippen LogP contribution in [0.2, 0.25) is 0 Å². The second-order valence-corrected chi connectivity index (χ2v) is 8.72. The Hall–Kier alpha value is -2.67. The Bertz CT molecular complexity index is 897. The van der Waals surface area contributed by atoms with Gasteiger partial charge in [-0.1, -0.05) is 24.3 Å². The zero-order chi connectivity index (χ0) is 19.9. The van der Waals surface area contributed by atoms with Crippen molar-refractivity contribution < 1.29 is 14.4 Å². The number of thiophene rings is 1. The van der Waals surface area contributed by atoms with E-state index >= 15 is 0 Å².